The molecule has 0 spiro atoms. The monoisotopic (exact) mass is 461 g/mol. The van der Waals surface area contributed by atoms with Crippen molar-refractivity contribution in [1.29, 1.82) is 0 Å². The van der Waals surface area contributed by atoms with Gasteiger partial charge in [0.05, 0.1) is 18.5 Å². The Kier molecular flexibility index (Phi) is 6.77. The Morgan fingerprint density at radius 2 is 1.74 bits per heavy atom. The summed E-state index contributed by atoms with van der Waals surface area (Å²) in [7, 11) is 1.57. The van der Waals surface area contributed by atoms with Crippen LogP contribution in [0.25, 0.3) is 0 Å². The van der Waals surface area contributed by atoms with Gasteiger partial charge < -0.3 is 19.6 Å². The van der Waals surface area contributed by atoms with Crippen LogP contribution in [0.4, 0.5) is 21.9 Å². The molecule has 0 saturated carbocycles. The summed E-state index contributed by atoms with van der Waals surface area (Å²) in [4.78, 5) is 21.7. The molecule has 1 aliphatic rings. The van der Waals surface area contributed by atoms with Crippen LogP contribution in [0.5, 0.6) is 11.6 Å². The first-order chi connectivity index (χ1) is 16.4. The third-order valence-electron chi connectivity index (χ3n) is 6.11. The van der Waals surface area contributed by atoms with Crippen LogP contribution in [0.3, 0.4) is 0 Å². The first-order valence-electron chi connectivity index (χ1n) is 11.3. The van der Waals surface area contributed by atoms with Crippen molar-refractivity contribution in [1.82, 2.24) is 15.3 Å². The molecule has 0 radical (unpaired) electrons. The highest BCUT2D eigenvalue weighted by molar-refractivity contribution is 5.81. The van der Waals surface area contributed by atoms with Crippen LogP contribution in [-0.2, 0) is 0 Å². The van der Waals surface area contributed by atoms with Gasteiger partial charge in [0, 0.05) is 31.9 Å². The molecule has 0 aliphatic carbocycles. The zero-order valence-corrected chi connectivity index (χ0v) is 20.1. The van der Waals surface area contributed by atoms with E-state index < -0.39 is 0 Å². The van der Waals surface area contributed by atoms with Crippen molar-refractivity contribution in [2.24, 2.45) is 0 Å². The van der Waals surface area contributed by atoms with Gasteiger partial charge in [0.25, 0.3) is 0 Å². The average molecular weight is 462 g/mol. The first-order valence-corrected chi connectivity index (χ1v) is 11.3. The van der Waals surface area contributed by atoms with Crippen LogP contribution < -0.4 is 20.1 Å². The normalized spacial score (nSPS) is 13.5. The van der Waals surface area contributed by atoms with Crippen molar-refractivity contribution in [3.05, 3.63) is 71.4 Å². The lowest BCUT2D eigenvalue weighted by Crippen LogP contribution is -2.54. The number of rotatable bonds is 5. The van der Waals surface area contributed by atoms with E-state index in [2.05, 4.69) is 15.3 Å². The summed E-state index contributed by atoms with van der Waals surface area (Å²) in [5.74, 6) is 0.703. The average Bonchev–Trinajstić information content (AvgIpc) is 2.84. The SMILES string of the molecule is COc1nc(C)c(C)cc1N(NC(=O)N1CCN(c2ccc(C)cc2O)CC1)c1ccccc1. The van der Waals surface area contributed by atoms with E-state index >= 15 is 0 Å². The smallest absolute Gasteiger partial charge is 0.336 e. The number of urea groups is 1. The van der Waals surface area contributed by atoms with E-state index in [-0.39, 0.29) is 11.8 Å². The second-order valence-electron chi connectivity index (χ2n) is 8.47. The molecule has 0 atom stereocenters. The molecule has 3 aromatic rings. The zero-order chi connectivity index (χ0) is 24.2. The number of aromatic hydroxyl groups is 1. The molecule has 8 nitrogen and oxygen atoms in total. The molecule has 1 fully saturated rings. The second-order valence-corrected chi connectivity index (χ2v) is 8.47. The van der Waals surface area contributed by atoms with E-state index in [1.165, 1.54) is 0 Å². The number of hydrazine groups is 1. The quantitative estimate of drug-likeness (QED) is 0.551. The molecule has 8 heteroatoms. The molecule has 2 N–H and O–H groups in total. The number of carbonyl (C=O) groups excluding carboxylic acids is 1. The second kappa shape index (κ2) is 9.91. The fraction of sp³-hybridized carbons (Fsp3) is 0.308. The highest BCUT2D eigenvalue weighted by Gasteiger charge is 2.26. The number of piperazine rings is 1. The summed E-state index contributed by atoms with van der Waals surface area (Å²) in [6.07, 6.45) is 0. The zero-order valence-electron chi connectivity index (χ0n) is 20.1. The standard InChI is InChI=1S/C26H31N5O3/c1-18-10-11-22(24(32)16-18)29-12-14-30(15-13-29)26(33)28-31(21-8-6-5-7-9-21)23-17-19(2)20(3)27-25(23)34-4/h5-11,16-17,32H,12-15H2,1-4H3,(H,28,33). The third-order valence-corrected chi connectivity index (χ3v) is 6.11. The van der Waals surface area contributed by atoms with E-state index in [9.17, 15) is 9.90 Å². The number of pyridine rings is 1. The minimum Gasteiger partial charge on any atom is -0.506 e. The van der Waals surface area contributed by atoms with Gasteiger partial charge in [-0.05, 0) is 62.2 Å². The van der Waals surface area contributed by atoms with Crippen LogP contribution in [-0.4, -0.2) is 54.3 Å². The molecule has 4 rings (SSSR count). The predicted octanol–water partition coefficient (Wildman–Crippen LogP) is 4.31. The number of para-hydroxylation sites is 1. The lowest BCUT2D eigenvalue weighted by molar-refractivity contribution is 0.194. The van der Waals surface area contributed by atoms with Crippen LogP contribution >= 0.6 is 0 Å². The van der Waals surface area contributed by atoms with E-state index in [1.54, 1.807) is 23.1 Å². The Bertz CT molecular complexity index is 1160. The fourth-order valence-corrected chi connectivity index (χ4v) is 4.04. The number of aryl methyl sites for hydroxylation is 3. The fourth-order valence-electron chi connectivity index (χ4n) is 4.04. The number of hydrogen-bond donors (Lipinski definition) is 2. The molecule has 1 aromatic heterocycles. The van der Waals surface area contributed by atoms with Crippen molar-refractivity contribution >= 4 is 23.1 Å². The lowest BCUT2D eigenvalue weighted by atomic mass is 10.2. The number of phenols is 1. The van der Waals surface area contributed by atoms with Gasteiger partial charge in [-0.3, -0.25) is 0 Å². The molecule has 34 heavy (non-hydrogen) atoms. The Morgan fingerprint density at radius 1 is 1.03 bits per heavy atom. The van der Waals surface area contributed by atoms with Gasteiger partial charge in [-0.1, -0.05) is 24.3 Å². The summed E-state index contributed by atoms with van der Waals surface area (Å²) in [6, 6.07) is 17.0. The maximum absolute atomic E-state index is 13.3. The number of hydrogen-bond acceptors (Lipinski definition) is 6. The first kappa shape index (κ1) is 23.2. The number of nitrogens with zero attached hydrogens (tertiary/aromatic N) is 4. The molecule has 2 aromatic carbocycles. The topological polar surface area (TPSA) is 81.2 Å². The van der Waals surface area contributed by atoms with Crippen molar-refractivity contribution < 1.29 is 14.6 Å². The Hall–Kier alpha value is -3.94. The van der Waals surface area contributed by atoms with E-state index in [1.807, 2.05) is 69.3 Å². The third kappa shape index (κ3) is 4.85. The molecule has 178 valence electrons. The van der Waals surface area contributed by atoms with Gasteiger partial charge in [-0.25, -0.2) is 20.2 Å². The summed E-state index contributed by atoms with van der Waals surface area (Å²) in [5.41, 5.74) is 8.17. The molecule has 2 heterocycles. The van der Waals surface area contributed by atoms with Gasteiger partial charge in [-0.15, -0.1) is 0 Å². The molecule has 1 aliphatic heterocycles. The number of anilines is 3. The van der Waals surface area contributed by atoms with Crippen molar-refractivity contribution in [3.8, 4) is 11.6 Å². The van der Waals surface area contributed by atoms with Crippen molar-refractivity contribution in [3.63, 3.8) is 0 Å². The number of carbonyl (C=O) groups is 1. The summed E-state index contributed by atoms with van der Waals surface area (Å²) in [6.45, 7) is 8.18. The van der Waals surface area contributed by atoms with Crippen LogP contribution in [0, 0.1) is 20.8 Å². The number of methoxy groups -OCH3 is 1. The van der Waals surface area contributed by atoms with Gasteiger partial charge in [0.15, 0.2) is 0 Å². The Balaban J connectivity index is 1.53. The molecular formula is C26H31N5O3. The lowest BCUT2D eigenvalue weighted by Gasteiger charge is -2.37. The Labute approximate surface area is 200 Å². The maximum Gasteiger partial charge on any atom is 0.336 e. The van der Waals surface area contributed by atoms with E-state index in [4.69, 9.17) is 4.74 Å². The maximum atomic E-state index is 13.3. The predicted molar refractivity (Wildman–Crippen MR) is 134 cm³/mol. The number of phenolic OH excluding ortho intramolecular Hbond substituents is 1. The highest BCUT2D eigenvalue weighted by Crippen LogP contribution is 2.33. The number of benzene rings is 2. The molecular weight excluding hydrogens is 430 g/mol. The molecule has 0 bridgehead atoms. The highest BCUT2D eigenvalue weighted by atomic mass is 16.5. The summed E-state index contributed by atoms with van der Waals surface area (Å²) >= 11 is 0. The summed E-state index contributed by atoms with van der Waals surface area (Å²) in [5, 5.41) is 12.0. The number of amides is 2. The number of aromatic nitrogens is 1. The summed E-state index contributed by atoms with van der Waals surface area (Å²) < 4.78 is 5.55. The molecule has 1 saturated heterocycles. The van der Waals surface area contributed by atoms with E-state index in [0.717, 1.165) is 28.2 Å². The van der Waals surface area contributed by atoms with Gasteiger partial charge in [0.2, 0.25) is 5.88 Å². The van der Waals surface area contributed by atoms with Gasteiger partial charge >= 0.3 is 6.03 Å². The molecule has 2 amide bonds. The van der Waals surface area contributed by atoms with Crippen molar-refractivity contribution in [2.75, 3.05) is 43.2 Å². The van der Waals surface area contributed by atoms with Gasteiger partial charge in [0.1, 0.15) is 11.4 Å². The van der Waals surface area contributed by atoms with Crippen molar-refractivity contribution in [2.45, 2.75) is 20.8 Å². The minimum atomic E-state index is -0.211. The Morgan fingerprint density at radius 3 is 2.38 bits per heavy atom. The number of nitrogens with one attached hydrogen (secondary N) is 1. The number of ether oxygens (including phenoxy) is 1. The van der Waals surface area contributed by atoms with Gasteiger partial charge in [-0.2, -0.15) is 0 Å². The van der Waals surface area contributed by atoms with Crippen LogP contribution in [0.2, 0.25) is 0 Å². The minimum absolute atomic E-state index is 0.211. The molecule has 0 unspecified atom stereocenters. The largest absolute Gasteiger partial charge is 0.506 e. The van der Waals surface area contributed by atoms with Crippen LogP contribution in [0.1, 0.15) is 16.8 Å². The van der Waals surface area contributed by atoms with E-state index in [0.29, 0.717) is 37.7 Å². The van der Waals surface area contributed by atoms with Crippen LogP contribution in [0.15, 0.2) is 54.6 Å².